The number of carbonyl (C=O) groups is 3. The lowest BCUT2D eigenvalue weighted by atomic mass is 10.1. The molecule has 0 bridgehead atoms. The standard InChI is InChI=1S/C25H19Cl2N3O3/c1-14-10-11-20(15(2)12-14)30-24(32)21(27)22(25(30)33)28-17-7-5-6-16(13-17)23(31)29-19-9-4-3-8-18(19)26/h3-13,28H,1-2H3,(H,29,31). The highest BCUT2D eigenvalue weighted by Crippen LogP contribution is 2.32. The van der Waals surface area contributed by atoms with Crippen LogP contribution >= 0.6 is 23.2 Å². The maximum absolute atomic E-state index is 13.1. The number of rotatable bonds is 5. The van der Waals surface area contributed by atoms with Crippen LogP contribution in [0.15, 0.2) is 77.5 Å². The van der Waals surface area contributed by atoms with Gasteiger partial charge in [0.15, 0.2) is 0 Å². The molecule has 0 fully saturated rings. The predicted molar refractivity (Wildman–Crippen MR) is 131 cm³/mol. The zero-order valence-corrected chi connectivity index (χ0v) is 19.3. The van der Waals surface area contributed by atoms with Crippen molar-refractivity contribution in [1.29, 1.82) is 0 Å². The maximum atomic E-state index is 13.1. The first-order valence-electron chi connectivity index (χ1n) is 10.0. The average molecular weight is 480 g/mol. The second-order valence-corrected chi connectivity index (χ2v) is 8.35. The van der Waals surface area contributed by atoms with Crippen molar-refractivity contribution in [2.24, 2.45) is 0 Å². The number of nitrogens with zero attached hydrogens (tertiary/aromatic N) is 1. The van der Waals surface area contributed by atoms with Crippen molar-refractivity contribution in [2.45, 2.75) is 13.8 Å². The largest absolute Gasteiger partial charge is 0.350 e. The maximum Gasteiger partial charge on any atom is 0.283 e. The van der Waals surface area contributed by atoms with Gasteiger partial charge in [-0.25, -0.2) is 4.90 Å². The summed E-state index contributed by atoms with van der Waals surface area (Å²) in [5.74, 6) is -1.55. The van der Waals surface area contributed by atoms with Crippen LogP contribution in [0.5, 0.6) is 0 Å². The molecule has 1 aliphatic rings. The van der Waals surface area contributed by atoms with Gasteiger partial charge in [-0.05, 0) is 55.8 Å². The highest BCUT2D eigenvalue weighted by atomic mass is 35.5. The Morgan fingerprint density at radius 3 is 2.36 bits per heavy atom. The van der Waals surface area contributed by atoms with E-state index >= 15 is 0 Å². The summed E-state index contributed by atoms with van der Waals surface area (Å²) in [7, 11) is 0. The minimum Gasteiger partial charge on any atom is -0.350 e. The van der Waals surface area contributed by atoms with Crippen LogP contribution in [-0.4, -0.2) is 17.7 Å². The van der Waals surface area contributed by atoms with Crippen LogP contribution in [0.1, 0.15) is 21.5 Å². The minimum atomic E-state index is -0.608. The fourth-order valence-corrected chi connectivity index (χ4v) is 3.92. The van der Waals surface area contributed by atoms with E-state index in [0.717, 1.165) is 16.0 Å². The molecule has 3 amide bonds. The molecule has 166 valence electrons. The van der Waals surface area contributed by atoms with Crippen molar-refractivity contribution in [3.63, 3.8) is 0 Å². The molecule has 8 heteroatoms. The number of imide groups is 1. The molecule has 0 atom stereocenters. The molecule has 33 heavy (non-hydrogen) atoms. The normalized spacial score (nSPS) is 13.5. The van der Waals surface area contributed by atoms with E-state index in [1.54, 1.807) is 54.6 Å². The second kappa shape index (κ2) is 9.10. The average Bonchev–Trinajstić information content (AvgIpc) is 2.99. The molecule has 6 nitrogen and oxygen atoms in total. The molecule has 0 radical (unpaired) electrons. The molecule has 1 heterocycles. The van der Waals surface area contributed by atoms with E-state index < -0.39 is 11.8 Å². The molecule has 0 aromatic heterocycles. The number of benzene rings is 3. The van der Waals surface area contributed by atoms with Gasteiger partial charge in [-0.2, -0.15) is 0 Å². The molecule has 3 aromatic carbocycles. The smallest absolute Gasteiger partial charge is 0.283 e. The number of carbonyl (C=O) groups excluding carboxylic acids is 3. The Bertz CT molecular complexity index is 1330. The molecule has 4 rings (SSSR count). The Morgan fingerprint density at radius 1 is 0.879 bits per heavy atom. The Hall–Kier alpha value is -3.61. The second-order valence-electron chi connectivity index (χ2n) is 7.56. The fourth-order valence-electron chi connectivity index (χ4n) is 3.53. The van der Waals surface area contributed by atoms with E-state index in [1.165, 1.54) is 0 Å². The molecule has 0 spiro atoms. The highest BCUT2D eigenvalue weighted by Gasteiger charge is 2.39. The SMILES string of the molecule is Cc1ccc(N2C(=O)C(Cl)=C(Nc3cccc(C(=O)Nc4ccccc4Cl)c3)C2=O)c(C)c1. The number of amides is 3. The third-order valence-corrected chi connectivity index (χ3v) is 5.82. The Morgan fingerprint density at radius 2 is 1.64 bits per heavy atom. The molecule has 0 unspecified atom stereocenters. The number of nitrogens with one attached hydrogen (secondary N) is 2. The summed E-state index contributed by atoms with van der Waals surface area (Å²) in [5, 5.41) is 5.85. The van der Waals surface area contributed by atoms with Gasteiger partial charge < -0.3 is 10.6 Å². The molecular formula is C25H19Cl2N3O3. The lowest BCUT2D eigenvalue weighted by Gasteiger charge is -2.18. The zero-order chi connectivity index (χ0) is 23.7. The van der Waals surface area contributed by atoms with E-state index in [1.807, 2.05) is 26.0 Å². The van der Waals surface area contributed by atoms with Gasteiger partial charge >= 0.3 is 0 Å². The summed E-state index contributed by atoms with van der Waals surface area (Å²) in [5.41, 5.74) is 3.45. The van der Waals surface area contributed by atoms with Crippen LogP contribution in [0.4, 0.5) is 17.1 Å². The summed E-state index contributed by atoms with van der Waals surface area (Å²) in [6.07, 6.45) is 0. The summed E-state index contributed by atoms with van der Waals surface area (Å²) < 4.78 is 0. The Labute approximate surface area is 200 Å². The first-order chi connectivity index (χ1) is 15.8. The van der Waals surface area contributed by atoms with Gasteiger partial charge in [0.1, 0.15) is 10.7 Å². The fraction of sp³-hybridized carbons (Fsp3) is 0.0800. The van der Waals surface area contributed by atoms with Crippen LogP contribution in [0.2, 0.25) is 5.02 Å². The summed E-state index contributed by atoms with van der Waals surface area (Å²) in [4.78, 5) is 39.6. The van der Waals surface area contributed by atoms with Gasteiger partial charge in [-0.3, -0.25) is 14.4 Å². The number of para-hydroxylation sites is 1. The number of hydrogen-bond acceptors (Lipinski definition) is 4. The number of halogens is 2. The topological polar surface area (TPSA) is 78.5 Å². The summed E-state index contributed by atoms with van der Waals surface area (Å²) in [6, 6.07) is 18.8. The van der Waals surface area contributed by atoms with Crippen LogP contribution in [0.3, 0.4) is 0 Å². The van der Waals surface area contributed by atoms with Crippen molar-refractivity contribution in [2.75, 3.05) is 15.5 Å². The van der Waals surface area contributed by atoms with Crippen molar-refractivity contribution >= 4 is 58.0 Å². The van der Waals surface area contributed by atoms with E-state index in [2.05, 4.69) is 10.6 Å². The third-order valence-electron chi connectivity index (χ3n) is 5.14. The van der Waals surface area contributed by atoms with E-state index in [4.69, 9.17) is 23.2 Å². The number of hydrogen-bond donors (Lipinski definition) is 2. The van der Waals surface area contributed by atoms with Crippen molar-refractivity contribution in [1.82, 2.24) is 0 Å². The number of aryl methyl sites for hydroxylation is 2. The van der Waals surface area contributed by atoms with Gasteiger partial charge in [0.05, 0.1) is 16.4 Å². The van der Waals surface area contributed by atoms with Crippen LogP contribution in [-0.2, 0) is 9.59 Å². The van der Waals surface area contributed by atoms with Crippen molar-refractivity contribution < 1.29 is 14.4 Å². The molecule has 3 aromatic rings. The van der Waals surface area contributed by atoms with Gasteiger partial charge in [0, 0.05) is 11.3 Å². The first-order valence-corrected chi connectivity index (χ1v) is 10.8. The Balaban J connectivity index is 1.56. The van der Waals surface area contributed by atoms with E-state index in [9.17, 15) is 14.4 Å². The van der Waals surface area contributed by atoms with Crippen LogP contribution in [0.25, 0.3) is 0 Å². The molecule has 0 aliphatic carbocycles. The zero-order valence-electron chi connectivity index (χ0n) is 17.8. The third kappa shape index (κ3) is 4.49. The van der Waals surface area contributed by atoms with Crippen LogP contribution in [0, 0.1) is 13.8 Å². The monoisotopic (exact) mass is 479 g/mol. The molecule has 2 N–H and O–H groups in total. The minimum absolute atomic E-state index is 0.0506. The van der Waals surface area contributed by atoms with E-state index in [-0.39, 0.29) is 16.6 Å². The lowest BCUT2D eigenvalue weighted by molar-refractivity contribution is -0.120. The van der Waals surface area contributed by atoms with Gasteiger partial charge in [0.2, 0.25) is 0 Å². The van der Waals surface area contributed by atoms with E-state index in [0.29, 0.717) is 27.6 Å². The van der Waals surface area contributed by atoms with Gasteiger partial charge in [0.25, 0.3) is 17.7 Å². The highest BCUT2D eigenvalue weighted by molar-refractivity contribution is 6.53. The molecule has 1 aliphatic heterocycles. The quantitative estimate of drug-likeness (QED) is 0.463. The number of anilines is 3. The Kier molecular flexibility index (Phi) is 6.22. The van der Waals surface area contributed by atoms with Gasteiger partial charge in [-0.15, -0.1) is 0 Å². The molecule has 0 saturated carbocycles. The lowest BCUT2D eigenvalue weighted by Crippen LogP contribution is -2.32. The summed E-state index contributed by atoms with van der Waals surface area (Å²) >= 11 is 12.3. The molecular weight excluding hydrogens is 461 g/mol. The van der Waals surface area contributed by atoms with Crippen molar-refractivity contribution in [3.05, 3.63) is 99.2 Å². The van der Waals surface area contributed by atoms with Gasteiger partial charge in [-0.1, -0.05) is 59.1 Å². The van der Waals surface area contributed by atoms with Crippen molar-refractivity contribution in [3.8, 4) is 0 Å². The molecule has 0 saturated heterocycles. The summed E-state index contributed by atoms with van der Waals surface area (Å²) in [6.45, 7) is 3.75. The van der Waals surface area contributed by atoms with Crippen LogP contribution < -0.4 is 15.5 Å². The predicted octanol–water partition coefficient (Wildman–Crippen LogP) is 5.64. The first kappa shape index (κ1) is 22.6.